The Morgan fingerprint density at radius 2 is 1.94 bits per heavy atom. The summed E-state index contributed by atoms with van der Waals surface area (Å²) in [5, 5.41) is 11.1. The van der Waals surface area contributed by atoms with Gasteiger partial charge in [-0.25, -0.2) is 0 Å². The summed E-state index contributed by atoms with van der Waals surface area (Å²) in [6, 6.07) is 6.84. The van der Waals surface area contributed by atoms with E-state index in [9.17, 15) is 9.59 Å². The van der Waals surface area contributed by atoms with Crippen molar-refractivity contribution in [1.82, 2.24) is 0 Å². The van der Waals surface area contributed by atoms with Crippen LogP contribution < -0.4 is 5.32 Å². The molecule has 4 heteroatoms. The minimum Gasteiger partial charge on any atom is -0.384 e. The molecule has 4 nitrogen and oxygen atoms in total. The molecule has 0 unspecified atom stereocenters. The lowest BCUT2D eigenvalue weighted by Gasteiger charge is -2.03. The van der Waals surface area contributed by atoms with Crippen LogP contribution in [0.15, 0.2) is 24.3 Å². The van der Waals surface area contributed by atoms with Gasteiger partial charge in [-0.3, -0.25) is 9.59 Å². The Balaban J connectivity index is 2.62. The molecule has 0 atom stereocenters. The standard InChI is InChI=1S/C13H13NO3/c1-10(16)9-13(17)14-12-6-4-11(5-7-12)3-2-8-15/h4-7,15H,8-9H2,1H3,(H,14,17). The molecule has 88 valence electrons. The Morgan fingerprint density at radius 3 is 2.47 bits per heavy atom. The van der Waals surface area contributed by atoms with Crippen molar-refractivity contribution < 1.29 is 14.7 Å². The molecule has 0 spiro atoms. The van der Waals surface area contributed by atoms with Gasteiger partial charge < -0.3 is 10.4 Å². The number of hydrogen-bond donors (Lipinski definition) is 2. The van der Waals surface area contributed by atoms with Crippen molar-refractivity contribution in [3.8, 4) is 11.8 Å². The maximum absolute atomic E-state index is 11.3. The highest BCUT2D eigenvalue weighted by Gasteiger charge is 2.04. The molecule has 1 amide bonds. The van der Waals surface area contributed by atoms with Crippen LogP contribution in [0, 0.1) is 11.8 Å². The van der Waals surface area contributed by atoms with Gasteiger partial charge in [0.2, 0.25) is 5.91 Å². The largest absolute Gasteiger partial charge is 0.384 e. The molecule has 17 heavy (non-hydrogen) atoms. The van der Waals surface area contributed by atoms with Gasteiger partial charge >= 0.3 is 0 Å². The maximum atomic E-state index is 11.3. The summed E-state index contributed by atoms with van der Waals surface area (Å²) in [6.45, 7) is 1.18. The first kappa shape index (κ1) is 12.9. The monoisotopic (exact) mass is 231 g/mol. The van der Waals surface area contributed by atoms with E-state index in [4.69, 9.17) is 5.11 Å². The molecule has 0 saturated heterocycles. The first-order valence-corrected chi connectivity index (χ1v) is 5.11. The molecule has 0 aliphatic rings. The average Bonchev–Trinajstić information content (AvgIpc) is 2.27. The Kier molecular flexibility index (Phi) is 4.92. The van der Waals surface area contributed by atoms with Gasteiger partial charge in [0.25, 0.3) is 0 Å². The Hall–Kier alpha value is -2.12. The van der Waals surface area contributed by atoms with Crippen LogP contribution >= 0.6 is 0 Å². The predicted octanol–water partition coefficient (Wildman–Crippen LogP) is 0.948. The van der Waals surface area contributed by atoms with E-state index in [1.807, 2.05) is 0 Å². The Labute approximate surface area is 99.7 Å². The van der Waals surface area contributed by atoms with Crippen LogP contribution in [0.5, 0.6) is 0 Å². The summed E-state index contributed by atoms with van der Waals surface area (Å²) in [6.07, 6.45) is -0.119. The van der Waals surface area contributed by atoms with Crippen molar-refractivity contribution >= 4 is 17.4 Å². The van der Waals surface area contributed by atoms with Gasteiger partial charge in [-0.1, -0.05) is 11.8 Å². The van der Waals surface area contributed by atoms with E-state index in [0.717, 1.165) is 5.56 Å². The highest BCUT2D eigenvalue weighted by Crippen LogP contribution is 2.09. The zero-order valence-corrected chi connectivity index (χ0v) is 9.49. The topological polar surface area (TPSA) is 66.4 Å². The van der Waals surface area contributed by atoms with Gasteiger partial charge in [0.15, 0.2) is 0 Å². The number of aliphatic hydroxyl groups is 1. The number of carbonyl (C=O) groups excluding carboxylic acids is 2. The number of rotatable bonds is 3. The van der Waals surface area contributed by atoms with Gasteiger partial charge in [0, 0.05) is 11.3 Å². The van der Waals surface area contributed by atoms with Gasteiger partial charge in [0.05, 0.1) is 6.42 Å². The Morgan fingerprint density at radius 1 is 1.29 bits per heavy atom. The van der Waals surface area contributed by atoms with Crippen LogP contribution in [0.4, 0.5) is 5.69 Å². The van der Waals surface area contributed by atoms with Crippen molar-refractivity contribution in [3.63, 3.8) is 0 Å². The fourth-order valence-electron chi connectivity index (χ4n) is 1.21. The Bertz CT molecular complexity index is 466. The zero-order valence-electron chi connectivity index (χ0n) is 9.49. The number of ketones is 1. The van der Waals surface area contributed by atoms with E-state index in [2.05, 4.69) is 17.2 Å². The van der Waals surface area contributed by atoms with E-state index in [1.54, 1.807) is 24.3 Å². The summed E-state index contributed by atoms with van der Waals surface area (Å²) in [5.74, 6) is 4.76. The molecule has 0 fully saturated rings. The second kappa shape index (κ2) is 6.46. The number of anilines is 1. The molecule has 0 aromatic heterocycles. The lowest BCUT2D eigenvalue weighted by atomic mass is 10.2. The van der Waals surface area contributed by atoms with Crippen LogP contribution in [0.2, 0.25) is 0 Å². The summed E-state index contributed by atoms with van der Waals surface area (Å²) in [5.41, 5.74) is 1.37. The quantitative estimate of drug-likeness (QED) is 0.601. The summed E-state index contributed by atoms with van der Waals surface area (Å²) in [4.78, 5) is 22.0. The second-order valence-corrected chi connectivity index (χ2v) is 3.46. The summed E-state index contributed by atoms with van der Waals surface area (Å²) >= 11 is 0. The third kappa shape index (κ3) is 4.96. The molecule has 1 aromatic rings. The summed E-state index contributed by atoms with van der Waals surface area (Å²) in [7, 11) is 0. The van der Waals surface area contributed by atoms with Crippen molar-refractivity contribution in [2.24, 2.45) is 0 Å². The molecule has 2 N–H and O–H groups in total. The van der Waals surface area contributed by atoms with Crippen molar-refractivity contribution in [3.05, 3.63) is 29.8 Å². The van der Waals surface area contributed by atoms with Gasteiger partial charge in [-0.15, -0.1) is 0 Å². The van der Waals surface area contributed by atoms with Crippen LogP contribution in [0.25, 0.3) is 0 Å². The number of nitrogens with one attached hydrogen (secondary N) is 1. The number of hydrogen-bond acceptors (Lipinski definition) is 3. The predicted molar refractivity (Wildman–Crippen MR) is 64.3 cm³/mol. The SMILES string of the molecule is CC(=O)CC(=O)Nc1ccc(C#CCO)cc1. The summed E-state index contributed by atoms with van der Waals surface area (Å²) < 4.78 is 0. The zero-order chi connectivity index (χ0) is 12.7. The van der Waals surface area contributed by atoms with Crippen LogP contribution in [0.1, 0.15) is 18.9 Å². The molecule has 0 heterocycles. The molecule has 0 saturated carbocycles. The molecular weight excluding hydrogens is 218 g/mol. The lowest BCUT2D eigenvalue weighted by molar-refractivity contribution is -0.124. The highest BCUT2D eigenvalue weighted by atomic mass is 16.2. The first-order chi connectivity index (χ1) is 8.11. The second-order valence-electron chi connectivity index (χ2n) is 3.46. The van der Waals surface area contributed by atoms with Gasteiger partial charge in [-0.2, -0.15) is 0 Å². The molecule has 0 aliphatic carbocycles. The molecule has 0 aliphatic heterocycles. The lowest BCUT2D eigenvalue weighted by Crippen LogP contribution is -2.14. The molecular formula is C13H13NO3. The fraction of sp³-hybridized carbons (Fsp3) is 0.231. The van der Waals surface area contributed by atoms with Crippen LogP contribution in [-0.4, -0.2) is 23.4 Å². The third-order valence-electron chi connectivity index (χ3n) is 1.89. The minimum absolute atomic E-state index is 0.119. The van der Waals surface area contributed by atoms with E-state index in [0.29, 0.717) is 5.69 Å². The maximum Gasteiger partial charge on any atom is 0.231 e. The molecule has 1 rings (SSSR count). The van der Waals surface area contributed by atoms with Gasteiger partial charge in [-0.05, 0) is 31.2 Å². The number of amides is 1. The third-order valence-corrected chi connectivity index (χ3v) is 1.89. The van der Waals surface area contributed by atoms with E-state index < -0.39 is 0 Å². The van der Waals surface area contributed by atoms with Crippen molar-refractivity contribution in [2.45, 2.75) is 13.3 Å². The molecule has 0 radical (unpaired) electrons. The number of Topliss-reactive ketones (excluding diaryl/α,β-unsaturated/α-hetero) is 1. The van der Waals surface area contributed by atoms with E-state index in [1.165, 1.54) is 6.92 Å². The first-order valence-electron chi connectivity index (χ1n) is 5.11. The molecule has 1 aromatic carbocycles. The van der Waals surface area contributed by atoms with E-state index >= 15 is 0 Å². The normalized spacial score (nSPS) is 9.06. The average molecular weight is 231 g/mol. The van der Waals surface area contributed by atoms with Crippen molar-refractivity contribution in [2.75, 3.05) is 11.9 Å². The van der Waals surface area contributed by atoms with Crippen molar-refractivity contribution in [1.29, 1.82) is 0 Å². The number of benzene rings is 1. The number of aliphatic hydroxyl groups excluding tert-OH is 1. The van der Waals surface area contributed by atoms with E-state index in [-0.39, 0.29) is 24.7 Å². The van der Waals surface area contributed by atoms with Gasteiger partial charge in [0.1, 0.15) is 12.4 Å². The van der Waals surface area contributed by atoms with Crippen LogP contribution in [0.3, 0.4) is 0 Å². The number of carbonyl (C=O) groups is 2. The smallest absolute Gasteiger partial charge is 0.231 e. The fourth-order valence-corrected chi connectivity index (χ4v) is 1.21. The van der Waals surface area contributed by atoms with Crippen LogP contribution in [-0.2, 0) is 9.59 Å². The minimum atomic E-state index is -0.327. The molecule has 0 bridgehead atoms. The highest BCUT2D eigenvalue weighted by molar-refractivity contribution is 6.03.